The summed E-state index contributed by atoms with van der Waals surface area (Å²) in [7, 11) is 3.07. The summed E-state index contributed by atoms with van der Waals surface area (Å²) < 4.78 is 10.4. The van der Waals surface area contributed by atoms with E-state index in [2.05, 4.69) is 0 Å². The van der Waals surface area contributed by atoms with Crippen molar-refractivity contribution in [2.75, 3.05) is 14.2 Å². The number of ether oxygens (including phenoxy) is 2. The molecule has 0 amide bonds. The van der Waals surface area contributed by atoms with Crippen molar-refractivity contribution in [1.29, 1.82) is 0 Å². The lowest BCUT2D eigenvalue weighted by atomic mass is 9.93. The summed E-state index contributed by atoms with van der Waals surface area (Å²) in [4.78, 5) is 0. The molecule has 90 valence electrons. The van der Waals surface area contributed by atoms with E-state index in [0.29, 0.717) is 16.5 Å². The van der Waals surface area contributed by atoms with E-state index in [-0.39, 0.29) is 0 Å². The van der Waals surface area contributed by atoms with E-state index in [4.69, 9.17) is 21.1 Å². The highest BCUT2D eigenvalue weighted by Gasteiger charge is 2.24. The fourth-order valence-electron chi connectivity index (χ4n) is 1.68. The quantitative estimate of drug-likeness (QED) is 0.889. The van der Waals surface area contributed by atoms with Crippen LogP contribution in [0.4, 0.5) is 0 Å². The second-order valence-electron chi connectivity index (χ2n) is 4.16. The van der Waals surface area contributed by atoms with Crippen molar-refractivity contribution in [2.45, 2.75) is 26.4 Å². The molecule has 0 aliphatic carbocycles. The molecule has 0 aromatic heterocycles. The summed E-state index contributed by atoms with van der Waals surface area (Å²) in [6.07, 6.45) is 0. The van der Waals surface area contributed by atoms with Crippen molar-refractivity contribution in [1.82, 2.24) is 0 Å². The van der Waals surface area contributed by atoms with E-state index in [1.54, 1.807) is 19.9 Å². The molecule has 0 fully saturated rings. The molecule has 0 radical (unpaired) electrons. The molecule has 0 saturated heterocycles. The van der Waals surface area contributed by atoms with Crippen LogP contribution in [0.5, 0.6) is 11.5 Å². The van der Waals surface area contributed by atoms with Crippen LogP contribution in [0, 0.1) is 6.92 Å². The summed E-state index contributed by atoms with van der Waals surface area (Å²) in [6, 6.07) is 1.75. The fraction of sp³-hybridized carbons (Fsp3) is 0.500. The number of aliphatic hydroxyl groups is 1. The maximum atomic E-state index is 10.0. The van der Waals surface area contributed by atoms with Crippen molar-refractivity contribution < 1.29 is 14.6 Å². The average Bonchev–Trinajstić information content (AvgIpc) is 2.19. The van der Waals surface area contributed by atoms with Gasteiger partial charge in [-0.2, -0.15) is 0 Å². The third kappa shape index (κ3) is 2.25. The topological polar surface area (TPSA) is 38.7 Å². The molecule has 0 aliphatic heterocycles. The summed E-state index contributed by atoms with van der Waals surface area (Å²) in [5.74, 6) is 1.02. The van der Waals surface area contributed by atoms with Gasteiger partial charge in [-0.15, -0.1) is 0 Å². The van der Waals surface area contributed by atoms with Crippen molar-refractivity contribution >= 4 is 11.6 Å². The molecule has 0 atom stereocenters. The summed E-state index contributed by atoms with van der Waals surface area (Å²) >= 11 is 6.17. The van der Waals surface area contributed by atoms with Crippen molar-refractivity contribution in [3.05, 3.63) is 22.2 Å². The van der Waals surface area contributed by atoms with Crippen LogP contribution in [0.1, 0.15) is 25.0 Å². The molecular formula is C12H17ClO3. The lowest BCUT2D eigenvalue weighted by Gasteiger charge is -2.23. The number of hydrogen-bond donors (Lipinski definition) is 1. The number of rotatable bonds is 3. The normalized spacial score (nSPS) is 11.4. The van der Waals surface area contributed by atoms with E-state index in [9.17, 15) is 5.11 Å². The first-order valence-corrected chi connectivity index (χ1v) is 5.34. The van der Waals surface area contributed by atoms with Crippen LogP contribution >= 0.6 is 11.6 Å². The van der Waals surface area contributed by atoms with Gasteiger partial charge >= 0.3 is 0 Å². The third-order valence-electron chi connectivity index (χ3n) is 2.51. The van der Waals surface area contributed by atoms with Crippen LogP contribution in [0.3, 0.4) is 0 Å². The van der Waals surface area contributed by atoms with E-state index in [1.165, 1.54) is 14.2 Å². The van der Waals surface area contributed by atoms with Gasteiger partial charge in [0.1, 0.15) is 0 Å². The van der Waals surface area contributed by atoms with Gasteiger partial charge in [0, 0.05) is 0 Å². The molecule has 0 aliphatic rings. The number of halogens is 1. The summed E-state index contributed by atoms with van der Waals surface area (Å²) in [5, 5.41) is 10.5. The first kappa shape index (κ1) is 13.1. The molecule has 3 nitrogen and oxygen atoms in total. The highest BCUT2D eigenvalue weighted by Crippen LogP contribution is 2.41. The SMILES string of the molecule is COc1cc(C(C)(C)O)c(C)c(Cl)c1OC. The number of benzene rings is 1. The third-order valence-corrected chi connectivity index (χ3v) is 2.97. The lowest BCUT2D eigenvalue weighted by Crippen LogP contribution is -2.17. The molecule has 4 heteroatoms. The van der Waals surface area contributed by atoms with Gasteiger partial charge in [0.25, 0.3) is 0 Å². The smallest absolute Gasteiger partial charge is 0.179 e. The average molecular weight is 245 g/mol. The Morgan fingerprint density at radius 3 is 2.19 bits per heavy atom. The minimum absolute atomic E-state index is 0.471. The van der Waals surface area contributed by atoms with Gasteiger partial charge < -0.3 is 14.6 Å². The first-order valence-electron chi connectivity index (χ1n) is 4.96. The molecule has 1 aromatic carbocycles. The number of hydrogen-bond acceptors (Lipinski definition) is 3. The van der Waals surface area contributed by atoms with Gasteiger partial charge in [-0.25, -0.2) is 0 Å². The van der Waals surface area contributed by atoms with Crippen molar-refractivity contribution in [2.24, 2.45) is 0 Å². The van der Waals surface area contributed by atoms with E-state index in [1.807, 2.05) is 6.92 Å². The monoisotopic (exact) mass is 244 g/mol. The molecule has 0 unspecified atom stereocenters. The standard InChI is InChI=1S/C12H17ClO3/c1-7-8(12(2,3)14)6-9(15-4)11(16-5)10(7)13/h6,14H,1-5H3. The predicted octanol–water partition coefficient (Wildman–Crippen LogP) is 2.89. The Labute approximate surface area is 101 Å². The maximum Gasteiger partial charge on any atom is 0.179 e. The van der Waals surface area contributed by atoms with Crippen molar-refractivity contribution in [3.63, 3.8) is 0 Å². The molecule has 0 saturated carbocycles. The Bertz CT molecular complexity index is 394. The maximum absolute atomic E-state index is 10.0. The van der Waals surface area contributed by atoms with Gasteiger partial charge in [0.05, 0.1) is 24.8 Å². The molecule has 0 bridgehead atoms. The van der Waals surface area contributed by atoms with Gasteiger partial charge in [0.15, 0.2) is 11.5 Å². The van der Waals surface area contributed by atoms with E-state index < -0.39 is 5.60 Å². The largest absolute Gasteiger partial charge is 0.493 e. The molecular weight excluding hydrogens is 228 g/mol. The van der Waals surface area contributed by atoms with Gasteiger partial charge in [-0.05, 0) is 38.0 Å². The van der Waals surface area contributed by atoms with Crippen LogP contribution in [0.25, 0.3) is 0 Å². The van der Waals surface area contributed by atoms with Gasteiger partial charge in [0.2, 0.25) is 0 Å². The lowest BCUT2D eigenvalue weighted by molar-refractivity contribution is 0.0776. The Morgan fingerprint density at radius 1 is 1.25 bits per heavy atom. The zero-order chi connectivity index (χ0) is 12.5. The zero-order valence-corrected chi connectivity index (χ0v) is 11.0. The highest BCUT2D eigenvalue weighted by molar-refractivity contribution is 6.33. The fourth-order valence-corrected chi connectivity index (χ4v) is 1.95. The molecule has 16 heavy (non-hydrogen) atoms. The number of methoxy groups -OCH3 is 2. The molecule has 1 aromatic rings. The van der Waals surface area contributed by atoms with Crippen LogP contribution in [0.15, 0.2) is 6.07 Å². The highest BCUT2D eigenvalue weighted by atomic mass is 35.5. The minimum Gasteiger partial charge on any atom is -0.493 e. The first-order chi connectivity index (χ1) is 7.32. The molecule has 0 spiro atoms. The Balaban J connectivity index is 3.51. The van der Waals surface area contributed by atoms with E-state index >= 15 is 0 Å². The van der Waals surface area contributed by atoms with Gasteiger partial charge in [-0.1, -0.05) is 11.6 Å². The van der Waals surface area contributed by atoms with Crippen molar-refractivity contribution in [3.8, 4) is 11.5 Å². The van der Waals surface area contributed by atoms with Crippen LogP contribution in [0.2, 0.25) is 5.02 Å². The molecule has 1 rings (SSSR count). The van der Waals surface area contributed by atoms with Crippen LogP contribution in [-0.4, -0.2) is 19.3 Å². The zero-order valence-electron chi connectivity index (χ0n) is 10.2. The predicted molar refractivity (Wildman–Crippen MR) is 64.5 cm³/mol. The van der Waals surface area contributed by atoms with Crippen LogP contribution < -0.4 is 9.47 Å². The second-order valence-corrected chi connectivity index (χ2v) is 4.54. The molecule has 0 heterocycles. The summed E-state index contributed by atoms with van der Waals surface area (Å²) in [5.41, 5.74) is 0.565. The summed E-state index contributed by atoms with van der Waals surface area (Å²) in [6.45, 7) is 5.26. The Kier molecular flexibility index (Phi) is 3.71. The minimum atomic E-state index is -0.965. The van der Waals surface area contributed by atoms with Gasteiger partial charge in [-0.3, -0.25) is 0 Å². The Morgan fingerprint density at radius 2 is 1.81 bits per heavy atom. The molecule has 1 N–H and O–H groups in total. The van der Waals surface area contributed by atoms with Crippen LogP contribution in [-0.2, 0) is 5.60 Å². The Hall–Kier alpha value is -0.930. The van der Waals surface area contributed by atoms with E-state index in [0.717, 1.165) is 11.1 Å². The second kappa shape index (κ2) is 4.52.